The molecule has 1 atom stereocenters. The second-order valence-electron chi connectivity index (χ2n) is 7.35. The van der Waals surface area contributed by atoms with Gasteiger partial charge >= 0.3 is 0 Å². The highest BCUT2D eigenvalue weighted by Gasteiger charge is 2.33. The van der Waals surface area contributed by atoms with E-state index in [1.807, 2.05) is 6.07 Å². The zero-order chi connectivity index (χ0) is 22.8. The van der Waals surface area contributed by atoms with E-state index in [9.17, 15) is 18.4 Å². The van der Waals surface area contributed by atoms with Crippen molar-refractivity contribution < 1.29 is 13.6 Å². The predicted molar refractivity (Wildman–Crippen MR) is 116 cm³/mol. The molecule has 1 saturated heterocycles. The molecular weight excluding hydrogens is 438 g/mol. The normalized spacial score (nSPS) is 16.0. The Kier molecular flexibility index (Phi) is 6.14. The van der Waals surface area contributed by atoms with E-state index in [4.69, 9.17) is 5.26 Å². The lowest BCUT2D eigenvalue weighted by molar-refractivity contribution is -0.122. The van der Waals surface area contributed by atoms with Crippen molar-refractivity contribution in [1.82, 2.24) is 19.9 Å². The molecule has 1 fully saturated rings. The van der Waals surface area contributed by atoms with Crippen LogP contribution in [0.4, 0.5) is 13.9 Å². The molecular formula is C21H20F2N6O2S. The van der Waals surface area contributed by atoms with Crippen LogP contribution >= 0.6 is 11.3 Å². The minimum absolute atomic E-state index is 0.0376. The summed E-state index contributed by atoms with van der Waals surface area (Å²) in [5.41, 5.74) is 0.761. The average Bonchev–Trinajstić information content (AvgIpc) is 3.44. The Balaban J connectivity index is 1.57. The number of fused-ring (bicyclic) bond motifs is 1. The summed E-state index contributed by atoms with van der Waals surface area (Å²) >= 11 is 1.04. The molecule has 3 heterocycles. The number of nitrogens with one attached hydrogen (secondary N) is 1. The van der Waals surface area contributed by atoms with E-state index >= 15 is 0 Å². The Morgan fingerprint density at radius 1 is 1.41 bits per heavy atom. The van der Waals surface area contributed by atoms with Gasteiger partial charge in [0, 0.05) is 19.6 Å². The van der Waals surface area contributed by atoms with Crippen LogP contribution < -0.4 is 15.8 Å². The van der Waals surface area contributed by atoms with Gasteiger partial charge in [0.25, 0.3) is 12.0 Å². The van der Waals surface area contributed by atoms with E-state index in [-0.39, 0.29) is 29.3 Å². The molecule has 1 N–H and O–H groups in total. The molecule has 0 saturated carbocycles. The summed E-state index contributed by atoms with van der Waals surface area (Å²) in [6, 6.07) is 8.57. The molecule has 8 nitrogen and oxygen atoms in total. The van der Waals surface area contributed by atoms with E-state index in [1.165, 1.54) is 0 Å². The number of anilines is 1. The maximum Gasteiger partial charge on any atom is 0.295 e. The fourth-order valence-electron chi connectivity index (χ4n) is 3.83. The van der Waals surface area contributed by atoms with Gasteiger partial charge in [-0.05, 0) is 37.5 Å². The van der Waals surface area contributed by atoms with Crippen LogP contribution in [0.1, 0.15) is 43.1 Å². The number of nitrogens with zero attached hydrogens (tertiary/aromatic N) is 5. The van der Waals surface area contributed by atoms with Crippen LogP contribution in [0.15, 0.2) is 29.1 Å². The van der Waals surface area contributed by atoms with E-state index < -0.39 is 23.9 Å². The lowest BCUT2D eigenvalue weighted by atomic mass is 10.1. The van der Waals surface area contributed by atoms with Crippen molar-refractivity contribution in [2.45, 2.75) is 45.3 Å². The van der Waals surface area contributed by atoms with Crippen LogP contribution in [-0.2, 0) is 17.9 Å². The van der Waals surface area contributed by atoms with Crippen LogP contribution in [0.25, 0.3) is 10.3 Å². The van der Waals surface area contributed by atoms with Gasteiger partial charge in [-0.2, -0.15) is 5.26 Å². The summed E-state index contributed by atoms with van der Waals surface area (Å²) in [4.78, 5) is 35.8. The van der Waals surface area contributed by atoms with Crippen molar-refractivity contribution in [3.8, 4) is 6.07 Å². The van der Waals surface area contributed by atoms with E-state index in [2.05, 4.69) is 21.4 Å². The molecule has 1 aliphatic heterocycles. The van der Waals surface area contributed by atoms with Crippen LogP contribution in [0, 0.1) is 11.3 Å². The smallest absolute Gasteiger partial charge is 0.295 e. The van der Waals surface area contributed by atoms with Crippen LogP contribution in [0.5, 0.6) is 0 Å². The monoisotopic (exact) mass is 458 g/mol. The zero-order valence-corrected chi connectivity index (χ0v) is 18.0. The maximum absolute atomic E-state index is 13.4. The van der Waals surface area contributed by atoms with Crippen molar-refractivity contribution in [3.05, 3.63) is 51.6 Å². The van der Waals surface area contributed by atoms with Gasteiger partial charge in [-0.1, -0.05) is 23.5 Å². The van der Waals surface area contributed by atoms with Crippen molar-refractivity contribution >= 4 is 32.7 Å². The number of nitriles is 1. The van der Waals surface area contributed by atoms with Crippen LogP contribution in [0.2, 0.25) is 0 Å². The first kappa shape index (κ1) is 21.8. The highest BCUT2D eigenvalue weighted by molar-refractivity contribution is 7.21. The maximum atomic E-state index is 13.4. The number of hydrogen-bond donors (Lipinski definition) is 1. The number of alkyl halides is 2. The number of benzene rings is 1. The molecule has 0 bridgehead atoms. The number of thiazole rings is 1. The average molecular weight is 458 g/mol. The molecule has 0 spiro atoms. The minimum atomic E-state index is -2.87. The molecule has 0 aliphatic carbocycles. The van der Waals surface area contributed by atoms with Gasteiger partial charge in [-0.25, -0.2) is 18.7 Å². The Morgan fingerprint density at radius 2 is 2.22 bits per heavy atom. The molecule has 1 unspecified atom stereocenters. The molecule has 3 aromatic rings. The fraction of sp³-hybridized carbons (Fsp3) is 0.381. The summed E-state index contributed by atoms with van der Waals surface area (Å²) in [6.45, 7) is 2.50. The number of amides is 1. The number of halogens is 2. The summed E-state index contributed by atoms with van der Waals surface area (Å²) in [5, 5.41) is 12.3. The Bertz CT molecular complexity index is 1270. The minimum Gasteiger partial charge on any atom is -0.350 e. The third kappa shape index (κ3) is 4.05. The molecule has 1 aromatic carbocycles. The predicted octanol–water partition coefficient (Wildman–Crippen LogP) is 2.97. The van der Waals surface area contributed by atoms with Crippen molar-refractivity contribution in [1.29, 1.82) is 5.26 Å². The van der Waals surface area contributed by atoms with Crippen molar-refractivity contribution in [2.24, 2.45) is 0 Å². The lowest BCUT2D eigenvalue weighted by Crippen LogP contribution is -2.43. The fourth-order valence-corrected chi connectivity index (χ4v) is 4.85. The van der Waals surface area contributed by atoms with Crippen LogP contribution in [0.3, 0.4) is 0 Å². The zero-order valence-electron chi connectivity index (χ0n) is 17.2. The molecule has 4 rings (SSSR count). The quantitative estimate of drug-likeness (QED) is 0.609. The van der Waals surface area contributed by atoms with Gasteiger partial charge < -0.3 is 10.2 Å². The molecule has 1 amide bonds. The largest absolute Gasteiger partial charge is 0.350 e. The van der Waals surface area contributed by atoms with Gasteiger partial charge in [0.2, 0.25) is 5.91 Å². The highest BCUT2D eigenvalue weighted by atomic mass is 32.1. The molecule has 32 heavy (non-hydrogen) atoms. The topological polar surface area (TPSA) is 104 Å². The molecule has 1 aliphatic rings. The Hall–Kier alpha value is -3.39. The van der Waals surface area contributed by atoms with Crippen molar-refractivity contribution in [2.75, 3.05) is 11.4 Å². The van der Waals surface area contributed by atoms with Crippen molar-refractivity contribution in [3.63, 3.8) is 0 Å². The van der Waals surface area contributed by atoms with E-state index in [0.29, 0.717) is 23.7 Å². The first-order valence-corrected chi connectivity index (χ1v) is 11.0. The van der Waals surface area contributed by atoms with E-state index in [0.717, 1.165) is 27.9 Å². The Labute approximate surface area is 186 Å². The van der Waals surface area contributed by atoms with Crippen LogP contribution in [-0.4, -0.2) is 33.0 Å². The lowest BCUT2D eigenvalue weighted by Gasteiger charge is -2.23. The van der Waals surface area contributed by atoms with Gasteiger partial charge in [-0.3, -0.25) is 14.2 Å². The summed E-state index contributed by atoms with van der Waals surface area (Å²) < 4.78 is 27.6. The Morgan fingerprint density at radius 3 is 2.94 bits per heavy atom. The standard InChI is InChI=1S/C21H20F2N6O2S/c1-2-28-17(16(22)23)27-19-15(20(28)31)26-21(32-19)29-8-4-7-14(29)18(30)25-11-13-6-3-5-12(9-13)10-24/h3,5-6,9,14,16H,2,4,7-8,11H2,1H3,(H,25,30). The first-order valence-electron chi connectivity index (χ1n) is 10.2. The SMILES string of the molecule is CCn1c(C(F)F)nc2sc(N3CCCC3C(=O)NCc3cccc(C#N)c3)nc2c1=O. The molecule has 2 aromatic heterocycles. The van der Waals surface area contributed by atoms with E-state index in [1.54, 1.807) is 30.0 Å². The van der Waals surface area contributed by atoms with Gasteiger partial charge in [0.05, 0.1) is 11.6 Å². The number of rotatable bonds is 6. The number of hydrogen-bond acceptors (Lipinski definition) is 7. The highest BCUT2D eigenvalue weighted by Crippen LogP contribution is 2.32. The second-order valence-corrected chi connectivity index (χ2v) is 8.31. The summed E-state index contributed by atoms with van der Waals surface area (Å²) in [5.74, 6) is -0.771. The molecule has 0 radical (unpaired) electrons. The first-order chi connectivity index (χ1) is 15.4. The number of aromatic nitrogens is 3. The van der Waals surface area contributed by atoms with Gasteiger partial charge in [0.1, 0.15) is 6.04 Å². The summed E-state index contributed by atoms with van der Waals surface area (Å²) in [6.07, 6.45) is -1.51. The second kappa shape index (κ2) is 9.00. The van der Waals surface area contributed by atoms with Gasteiger partial charge in [-0.15, -0.1) is 0 Å². The molecule has 166 valence electrons. The third-order valence-corrected chi connectivity index (χ3v) is 6.36. The molecule has 11 heteroatoms. The van der Waals surface area contributed by atoms with Gasteiger partial charge in [0.15, 0.2) is 21.3 Å². The summed E-state index contributed by atoms with van der Waals surface area (Å²) in [7, 11) is 0. The number of carbonyl (C=O) groups is 1. The number of carbonyl (C=O) groups excluding carboxylic acids is 1. The third-order valence-electron chi connectivity index (χ3n) is 5.37.